The third-order valence-electron chi connectivity index (χ3n) is 6.45. The fraction of sp³-hybridized carbons (Fsp3) is 0.296. The minimum Gasteiger partial charge on any atom is -0.443 e. The molecule has 1 aliphatic carbocycles. The highest BCUT2D eigenvalue weighted by Crippen LogP contribution is 2.45. The predicted molar refractivity (Wildman–Crippen MR) is 136 cm³/mol. The van der Waals surface area contributed by atoms with Gasteiger partial charge in [0.15, 0.2) is 0 Å². The maximum Gasteiger partial charge on any atom is 0.404 e. The first-order valence-corrected chi connectivity index (χ1v) is 13.5. The molecule has 4 nitrogen and oxygen atoms in total. The molecule has 2 atom stereocenters. The lowest BCUT2D eigenvalue weighted by atomic mass is 9.87. The highest BCUT2D eigenvalue weighted by molar-refractivity contribution is 6.99. The molecule has 0 aromatic heterocycles. The van der Waals surface area contributed by atoms with Crippen molar-refractivity contribution in [3.8, 4) is 0 Å². The van der Waals surface area contributed by atoms with E-state index in [1.807, 2.05) is 48.5 Å². The highest BCUT2D eigenvalue weighted by atomic mass is 35.5. The van der Waals surface area contributed by atoms with E-state index in [-0.39, 0.29) is 5.04 Å². The number of benzene rings is 3. The summed E-state index contributed by atoms with van der Waals surface area (Å²) in [5.74, 6) is 0. The first kappa shape index (κ1) is 23.6. The molecule has 0 bridgehead atoms. The van der Waals surface area contributed by atoms with E-state index in [1.165, 1.54) is 0 Å². The van der Waals surface area contributed by atoms with E-state index in [9.17, 15) is 4.79 Å². The molecule has 0 heterocycles. The molecular formula is C27H30ClNO3Si. The van der Waals surface area contributed by atoms with Gasteiger partial charge in [-0.05, 0) is 39.9 Å². The van der Waals surface area contributed by atoms with Crippen LogP contribution in [0.2, 0.25) is 10.1 Å². The largest absolute Gasteiger partial charge is 0.443 e. The second kappa shape index (κ2) is 9.33. The zero-order valence-electron chi connectivity index (χ0n) is 19.3. The molecule has 0 spiro atoms. The van der Waals surface area contributed by atoms with Gasteiger partial charge in [0.25, 0.3) is 8.32 Å². The summed E-state index contributed by atoms with van der Waals surface area (Å²) in [5.41, 5.74) is 7.49. The number of carbonyl (C=O) groups is 1. The second-order valence-electron chi connectivity index (χ2n) is 9.53. The average Bonchev–Trinajstić information content (AvgIpc) is 2.78. The first-order valence-electron chi connectivity index (χ1n) is 11.3. The molecule has 0 unspecified atom stereocenters. The van der Waals surface area contributed by atoms with Crippen LogP contribution in [0.1, 0.15) is 44.4 Å². The Hall–Kier alpha value is -2.60. The topological polar surface area (TPSA) is 61.6 Å². The van der Waals surface area contributed by atoms with Gasteiger partial charge >= 0.3 is 6.09 Å². The van der Waals surface area contributed by atoms with Gasteiger partial charge in [-0.1, -0.05) is 105 Å². The molecule has 2 N–H and O–H groups in total. The molecule has 33 heavy (non-hydrogen) atoms. The Labute approximate surface area is 201 Å². The Kier molecular flexibility index (Phi) is 6.66. The summed E-state index contributed by atoms with van der Waals surface area (Å²) < 4.78 is 13.0. The Morgan fingerprint density at radius 3 is 2.03 bits per heavy atom. The van der Waals surface area contributed by atoms with E-state index < -0.39 is 26.6 Å². The van der Waals surface area contributed by atoms with Gasteiger partial charge in [-0.25, -0.2) is 4.79 Å². The van der Waals surface area contributed by atoms with E-state index in [1.54, 1.807) is 0 Å². The van der Waals surface area contributed by atoms with E-state index in [4.69, 9.17) is 26.5 Å². The predicted octanol–water partition coefficient (Wildman–Crippen LogP) is 5.37. The summed E-state index contributed by atoms with van der Waals surface area (Å²) in [7, 11) is -2.91. The molecule has 0 radical (unpaired) electrons. The van der Waals surface area contributed by atoms with Crippen LogP contribution in [-0.4, -0.2) is 20.5 Å². The number of fused-ring (bicyclic) bond motifs is 1. The summed E-state index contributed by atoms with van der Waals surface area (Å²) in [4.78, 5) is 11.8. The number of halogens is 1. The van der Waals surface area contributed by atoms with Crippen LogP contribution in [0.5, 0.6) is 0 Å². The summed E-state index contributed by atoms with van der Waals surface area (Å²) in [6.07, 6.45) is -0.475. The third kappa shape index (κ3) is 4.45. The van der Waals surface area contributed by atoms with Crippen LogP contribution in [0.4, 0.5) is 4.79 Å². The first-order chi connectivity index (χ1) is 15.7. The van der Waals surface area contributed by atoms with Gasteiger partial charge < -0.3 is 14.9 Å². The molecule has 0 saturated carbocycles. The molecule has 4 rings (SSSR count). The minimum atomic E-state index is -2.91. The molecule has 0 aliphatic heterocycles. The van der Waals surface area contributed by atoms with Gasteiger partial charge in [0.05, 0.1) is 0 Å². The van der Waals surface area contributed by atoms with Crippen LogP contribution < -0.4 is 16.1 Å². The summed E-state index contributed by atoms with van der Waals surface area (Å²) in [5, 5.41) is 2.70. The van der Waals surface area contributed by atoms with Crippen molar-refractivity contribution in [3.05, 3.63) is 95.0 Å². The molecule has 1 amide bonds. The minimum absolute atomic E-state index is 0.230. The van der Waals surface area contributed by atoms with E-state index in [0.717, 1.165) is 27.9 Å². The maximum atomic E-state index is 11.8. The lowest BCUT2D eigenvalue weighted by molar-refractivity contribution is 0.00355. The molecule has 172 valence electrons. The number of nitrogens with two attached hydrogens (primary N) is 1. The van der Waals surface area contributed by atoms with Gasteiger partial charge in [-0.2, -0.15) is 0 Å². The average molecular weight is 480 g/mol. The van der Waals surface area contributed by atoms with Crippen molar-refractivity contribution in [2.45, 2.75) is 50.9 Å². The SMILES string of the molecule is CC(C)(C)[Si](O[C@H]1c2c(Cl)cccc2CC[C@@H]1OC(N)=O)(c1ccccc1)c1ccccc1. The fourth-order valence-electron chi connectivity index (χ4n) is 5.04. The maximum absolute atomic E-state index is 11.8. The Bertz CT molecular complexity index is 1080. The number of carbonyl (C=O) groups excluding carboxylic acids is 1. The van der Waals surface area contributed by atoms with Gasteiger partial charge in [-0.15, -0.1) is 0 Å². The van der Waals surface area contributed by atoms with E-state index in [0.29, 0.717) is 11.4 Å². The Morgan fingerprint density at radius 1 is 0.939 bits per heavy atom. The second-order valence-corrected chi connectivity index (χ2v) is 14.2. The number of aryl methyl sites for hydroxylation is 1. The zero-order valence-corrected chi connectivity index (χ0v) is 21.0. The van der Waals surface area contributed by atoms with Crippen molar-refractivity contribution in [3.63, 3.8) is 0 Å². The standard InChI is InChI=1S/C27H30ClNO3Si/c1-27(2,3)33(20-12-6-4-7-13-20,21-14-8-5-9-15-21)32-25-23(31-26(29)30)18-17-19-11-10-16-22(28)24(19)25/h4-16,23,25H,17-18H2,1-3H3,(H2,29,30)/t23-,25+/m0/s1. The normalized spacial score (nSPS) is 18.4. The highest BCUT2D eigenvalue weighted by Gasteiger charge is 2.53. The van der Waals surface area contributed by atoms with Crippen molar-refractivity contribution in [1.82, 2.24) is 0 Å². The number of primary amides is 1. The quantitative estimate of drug-likeness (QED) is 0.500. The smallest absolute Gasteiger partial charge is 0.404 e. The number of amides is 1. The van der Waals surface area contributed by atoms with E-state index in [2.05, 4.69) is 51.1 Å². The van der Waals surface area contributed by atoms with Crippen LogP contribution in [0.15, 0.2) is 78.9 Å². The number of rotatable bonds is 5. The Morgan fingerprint density at radius 2 is 1.52 bits per heavy atom. The monoisotopic (exact) mass is 479 g/mol. The van der Waals surface area contributed by atoms with Gasteiger partial charge in [0.2, 0.25) is 0 Å². The van der Waals surface area contributed by atoms with Crippen molar-refractivity contribution >= 4 is 36.4 Å². The van der Waals surface area contributed by atoms with Gasteiger partial charge in [-0.3, -0.25) is 0 Å². The summed E-state index contributed by atoms with van der Waals surface area (Å²) in [6.45, 7) is 6.67. The number of ether oxygens (including phenoxy) is 1. The molecule has 3 aromatic carbocycles. The van der Waals surface area contributed by atoms with E-state index >= 15 is 0 Å². The van der Waals surface area contributed by atoms with Crippen molar-refractivity contribution in [2.75, 3.05) is 0 Å². The van der Waals surface area contributed by atoms with Crippen LogP contribution in [-0.2, 0) is 15.6 Å². The molecule has 1 aliphatic rings. The number of hydrogen-bond donors (Lipinski definition) is 1. The zero-order chi connectivity index (χ0) is 23.6. The molecular weight excluding hydrogens is 450 g/mol. The third-order valence-corrected chi connectivity index (χ3v) is 11.8. The summed E-state index contributed by atoms with van der Waals surface area (Å²) in [6, 6.07) is 26.7. The van der Waals surface area contributed by atoms with Gasteiger partial charge in [0, 0.05) is 10.6 Å². The lowest BCUT2D eigenvalue weighted by Crippen LogP contribution is -2.67. The molecule has 3 aromatic rings. The van der Waals surface area contributed by atoms with Crippen LogP contribution >= 0.6 is 11.6 Å². The van der Waals surface area contributed by atoms with Crippen molar-refractivity contribution in [2.24, 2.45) is 5.73 Å². The molecule has 0 saturated heterocycles. The summed E-state index contributed by atoms with van der Waals surface area (Å²) >= 11 is 6.74. The molecule has 0 fully saturated rings. The van der Waals surface area contributed by atoms with Crippen LogP contribution in [0.3, 0.4) is 0 Å². The van der Waals surface area contributed by atoms with Crippen molar-refractivity contribution in [1.29, 1.82) is 0 Å². The lowest BCUT2D eigenvalue weighted by Gasteiger charge is -2.47. The van der Waals surface area contributed by atoms with Gasteiger partial charge in [0.1, 0.15) is 12.2 Å². The van der Waals surface area contributed by atoms with Crippen molar-refractivity contribution < 1.29 is 14.0 Å². The van der Waals surface area contributed by atoms with Crippen LogP contribution in [0, 0.1) is 0 Å². The Balaban J connectivity index is 1.96. The molecule has 6 heteroatoms. The fourth-order valence-corrected chi connectivity index (χ4v) is 10.0. The van der Waals surface area contributed by atoms with Crippen LogP contribution in [0.25, 0.3) is 0 Å². The number of hydrogen-bond acceptors (Lipinski definition) is 3.